The number of aryl methyl sites for hydroxylation is 2. The molecule has 1 amide bonds. The van der Waals surface area contributed by atoms with Gasteiger partial charge in [0.05, 0.1) is 17.6 Å². The minimum atomic E-state index is 0.568. The number of aromatic nitrogens is 2. The van der Waals surface area contributed by atoms with Gasteiger partial charge in [-0.25, -0.2) is 4.98 Å². The zero-order chi connectivity index (χ0) is 17.6. The van der Waals surface area contributed by atoms with Crippen molar-refractivity contribution in [2.24, 2.45) is 0 Å². The van der Waals surface area contributed by atoms with E-state index < -0.39 is 0 Å². The molecule has 0 saturated heterocycles. The Morgan fingerprint density at radius 2 is 2.04 bits per heavy atom. The van der Waals surface area contributed by atoms with Crippen molar-refractivity contribution in [2.75, 3.05) is 13.2 Å². The molecule has 0 aliphatic heterocycles. The topological polar surface area (TPSA) is 56.1 Å². The smallest absolute Gasteiger partial charge is 0.207 e. The molecule has 0 spiro atoms. The Morgan fingerprint density at radius 3 is 2.84 bits per heavy atom. The maximum Gasteiger partial charge on any atom is 0.207 e. The van der Waals surface area contributed by atoms with Gasteiger partial charge in [0.2, 0.25) is 6.41 Å². The van der Waals surface area contributed by atoms with E-state index in [-0.39, 0.29) is 0 Å². The van der Waals surface area contributed by atoms with Gasteiger partial charge in [0.15, 0.2) is 0 Å². The van der Waals surface area contributed by atoms with Gasteiger partial charge >= 0.3 is 0 Å². The summed E-state index contributed by atoms with van der Waals surface area (Å²) in [6.07, 6.45) is 1.41. The molecule has 3 rings (SSSR count). The van der Waals surface area contributed by atoms with E-state index in [1.54, 1.807) is 0 Å². The van der Waals surface area contributed by atoms with E-state index in [1.807, 2.05) is 24.3 Å². The molecular formula is C20H23N3O2. The van der Waals surface area contributed by atoms with Gasteiger partial charge in [0.1, 0.15) is 18.2 Å². The molecule has 0 radical (unpaired) electrons. The maximum absolute atomic E-state index is 10.5. The summed E-state index contributed by atoms with van der Waals surface area (Å²) < 4.78 is 8.15. The average Bonchev–Trinajstić information content (AvgIpc) is 2.95. The fourth-order valence-electron chi connectivity index (χ4n) is 3.02. The van der Waals surface area contributed by atoms with Gasteiger partial charge in [-0.1, -0.05) is 29.8 Å². The number of fused-ring (bicyclic) bond motifs is 1. The number of para-hydroxylation sites is 2. The lowest BCUT2D eigenvalue weighted by molar-refractivity contribution is -0.109. The van der Waals surface area contributed by atoms with E-state index in [4.69, 9.17) is 9.72 Å². The van der Waals surface area contributed by atoms with Crippen molar-refractivity contribution in [1.29, 1.82) is 0 Å². The Morgan fingerprint density at radius 1 is 1.20 bits per heavy atom. The first-order chi connectivity index (χ1) is 12.2. The second-order valence-electron chi connectivity index (χ2n) is 6.11. The van der Waals surface area contributed by atoms with Gasteiger partial charge in [-0.3, -0.25) is 4.79 Å². The Bertz CT molecular complexity index is 871. The number of ether oxygens (including phenoxy) is 1. The molecule has 1 N–H and O–H groups in total. The Hall–Kier alpha value is -2.82. The molecule has 0 fully saturated rings. The molecule has 2 aromatic carbocycles. The highest BCUT2D eigenvalue weighted by Crippen LogP contribution is 2.20. The molecule has 0 atom stereocenters. The van der Waals surface area contributed by atoms with E-state index >= 15 is 0 Å². The molecule has 0 aliphatic carbocycles. The number of amides is 1. The van der Waals surface area contributed by atoms with Gasteiger partial charge in [-0.2, -0.15) is 0 Å². The van der Waals surface area contributed by atoms with Crippen molar-refractivity contribution in [2.45, 2.75) is 26.8 Å². The number of hydrogen-bond donors (Lipinski definition) is 1. The summed E-state index contributed by atoms with van der Waals surface area (Å²) in [6, 6.07) is 14.3. The van der Waals surface area contributed by atoms with Crippen molar-refractivity contribution in [1.82, 2.24) is 14.9 Å². The standard InChI is InChI=1S/C20H23N3O2/c1-15-7-8-19(16(2)13-15)25-12-11-23-18-6-4-3-5-17(18)22-20(23)9-10-21-14-24/h3-8,13-14H,9-12H2,1-2H3,(H,21,24). The van der Waals surface area contributed by atoms with Crippen molar-refractivity contribution in [3.63, 3.8) is 0 Å². The van der Waals surface area contributed by atoms with Crippen molar-refractivity contribution < 1.29 is 9.53 Å². The van der Waals surface area contributed by atoms with Crippen LogP contribution in [0.2, 0.25) is 0 Å². The monoisotopic (exact) mass is 337 g/mol. The molecule has 0 bridgehead atoms. The van der Waals surface area contributed by atoms with Crippen LogP contribution in [-0.4, -0.2) is 29.1 Å². The molecular weight excluding hydrogens is 314 g/mol. The van der Waals surface area contributed by atoms with Crippen molar-refractivity contribution in [3.05, 3.63) is 59.4 Å². The minimum absolute atomic E-state index is 0.568. The molecule has 5 heteroatoms. The lowest BCUT2D eigenvalue weighted by atomic mass is 10.1. The summed E-state index contributed by atoms with van der Waals surface area (Å²) in [7, 11) is 0. The number of carbonyl (C=O) groups is 1. The van der Waals surface area contributed by atoms with Crippen LogP contribution >= 0.6 is 0 Å². The molecule has 5 nitrogen and oxygen atoms in total. The highest BCUT2D eigenvalue weighted by molar-refractivity contribution is 5.75. The first kappa shape index (κ1) is 17.0. The predicted octanol–water partition coefficient (Wildman–Crippen LogP) is 3.02. The van der Waals surface area contributed by atoms with Gasteiger partial charge in [0, 0.05) is 13.0 Å². The number of rotatable bonds is 8. The molecule has 1 aromatic heterocycles. The summed E-state index contributed by atoms with van der Waals surface area (Å²) in [5, 5.41) is 2.70. The van der Waals surface area contributed by atoms with E-state index in [1.165, 1.54) is 5.56 Å². The Labute approximate surface area is 147 Å². The Kier molecular flexibility index (Phi) is 5.33. The van der Waals surface area contributed by atoms with Crippen LogP contribution in [0.5, 0.6) is 5.75 Å². The van der Waals surface area contributed by atoms with Crippen LogP contribution in [0.4, 0.5) is 0 Å². The minimum Gasteiger partial charge on any atom is -0.491 e. The maximum atomic E-state index is 10.5. The van der Waals surface area contributed by atoms with Gasteiger partial charge in [0.25, 0.3) is 0 Å². The van der Waals surface area contributed by atoms with Crippen LogP contribution in [0, 0.1) is 13.8 Å². The van der Waals surface area contributed by atoms with Crippen LogP contribution in [0.3, 0.4) is 0 Å². The third kappa shape index (κ3) is 3.99. The van der Waals surface area contributed by atoms with Gasteiger partial charge in [-0.15, -0.1) is 0 Å². The third-order valence-corrected chi connectivity index (χ3v) is 4.21. The largest absolute Gasteiger partial charge is 0.491 e. The zero-order valence-electron chi connectivity index (χ0n) is 14.7. The second kappa shape index (κ2) is 7.83. The molecule has 0 aliphatic rings. The number of carbonyl (C=O) groups excluding carboxylic acids is 1. The number of benzene rings is 2. The predicted molar refractivity (Wildman–Crippen MR) is 98.9 cm³/mol. The summed E-state index contributed by atoms with van der Waals surface area (Å²) in [5.74, 6) is 1.87. The zero-order valence-corrected chi connectivity index (χ0v) is 14.7. The first-order valence-electron chi connectivity index (χ1n) is 8.50. The van der Waals surface area contributed by atoms with Crippen LogP contribution in [0.1, 0.15) is 17.0 Å². The fraction of sp³-hybridized carbons (Fsp3) is 0.300. The van der Waals surface area contributed by atoms with Gasteiger partial charge < -0.3 is 14.6 Å². The van der Waals surface area contributed by atoms with Crippen LogP contribution in [-0.2, 0) is 17.8 Å². The lowest BCUT2D eigenvalue weighted by Gasteiger charge is -2.12. The highest BCUT2D eigenvalue weighted by atomic mass is 16.5. The normalized spacial score (nSPS) is 10.8. The summed E-state index contributed by atoms with van der Waals surface area (Å²) in [6.45, 7) is 5.99. The van der Waals surface area contributed by atoms with E-state index in [0.717, 1.165) is 34.6 Å². The molecule has 1 heterocycles. The average molecular weight is 337 g/mol. The van der Waals surface area contributed by atoms with E-state index in [9.17, 15) is 4.79 Å². The van der Waals surface area contributed by atoms with Crippen molar-refractivity contribution >= 4 is 17.4 Å². The Balaban J connectivity index is 1.74. The van der Waals surface area contributed by atoms with Gasteiger partial charge in [-0.05, 0) is 37.6 Å². The molecule has 130 valence electrons. The SMILES string of the molecule is Cc1ccc(OCCn2c(CCNC=O)nc3ccccc32)c(C)c1. The van der Waals surface area contributed by atoms with E-state index in [2.05, 4.69) is 41.9 Å². The second-order valence-corrected chi connectivity index (χ2v) is 6.11. The quantitative estimate of drug-likeness (QED) is 0.508. The molecule has 3 aromatic rings. The number of nitrogens with zero attached hydrogens (tertiary/aromatic N) is 2. The van der Waals surface area contributed by atoms with Crippen molar-refractivity contribution in [3.8, 4) is 5.75 Å². The number of nitrogens with one attached hydrogen (secondary N) is 1. The summed E-state index contributed by atoms with van der Waals surface area (Å²) >= 11 is 0. The fourth-order valence-corrected chi connectivity index (χ4v) is 3.02. The third-order valence-electron chi connectivity index (χ3n) is 4.21. The molecule has 25 heavy (non-hydrogen) atoms. The van der Waals surface area contributed by atoms with Crippen LogP contribution in [0.15, 0.2) is 42.5 Å². The highest BCUT2D eigenvalue weighted by Gasteiger charge is 2.10. The molecule has 0 saturated carbocycles. The van der Waals surface area contributed by atoms with E-state index in [0.29, 0.717) is 26.1 Å². The number of imidazole rings is 1. The first-order valence-corrected chi connectivity index (χ1v) is 8.50. The summed E-state index contributed by atoms with van der Waals surface area (Å²) in [4.78, 5) is 15.2. The van der Waals surface area contributed by atoms with Crippen LogP contribution in [0.25, 0.3) is 11.0 Å². The lowest BCUT2D eigenvalue weighted by Crippen LogP contribution is -2.18. The molecule has 0 unspecified atom stereocenters. The number of hydrogen-bond acceptors (Lipinski definition) is 3. The van der Waals surface area contributed by atoms with Crippen LogP contribution < -0.4 is 10.1 Å². The summed E-state index contributed by atoms with van der Waals surface area (Å²) in [5.41, 5.74) is 4.43.